The Hall–Kier alpha value is -1.37. The molecule has 0 aromatic heterocycles. The molecule has 0 atom stereocenters. The molecule has 0 saturated carbocycles. The van der Waals surface area contributed by atoms with Crippen LogP contribution < -0.4 is 0 Å². The van der Waals surface area contributed by atoms with Crippen molar-refractivity contribution in [1.82, 2.24) is 0 Å². The van der Waals surface area contributed by atoms with Crippen molar-refractivity contribution in [3.05, 3.63) is 41.5 Å². The van der Waals surface area contributed by atoms with Crippen molar-refractivity contribution in [2.45, 2.75) is 19.8 Å². The predicted molar refractivity (Wildman–Crippen MR) is 55.3 cm³/mol. The van der Waals surface area contributed by atoms with Crippen LogP contribution in [0.4, 0.5) is 0 Å². The van der Waals surface area contributed by atoms with E-state index in [2.05, 4.69) is 26.0 Å². The van der Waals surface area contributed by atoms with Crippen LogP contribution in [0.15, 0.2) is 30.3 Å². The first kappa shape index (κ1) is 9.72. The molecule has 0 bridgehead atoms. The second-order valence-electron chi connectivity index (χ2n) is 3.27. The van der Waals surface area contributed by atoms with Crippen molar-refractivity contribution < 1.29 is 4.79 Å². The summed E-state index contributed by atoms with van der Waals surface area (Å²) in [6.07, 6.45) is 4.85. The molecule has 1 rings (SSSR count). The second kappa shape index (κ2) is 4.61. The summed E-state index contributed by atoms with van der Waals surface area (Å²) >= 11 is 0. The lowest BCUT2D eigenvalue weighted by molar-refractivity contribution is 0.564. The summed E-state index contributed by atoms with van der Waals surface area (Å²) in [7, 11) is 0. The number of allylic oxidation sites excluding steroid dienone is 1. The largest absolute Gasteiger partial charge is 0.286 e. The maximum absolute atomic E-state index is 9.94. The highest BCUT2D eigenvalue weighted by molar-refractivity contribution is 5.74. The highest BCUT2D eigenvalue weighted by Gasteiger charge is 1.96. The zero-order valence-electron chi connectivity index (χ0n) is 7.95. The van der Waals surface area contributed by atoms with Gasteiger partial charge in [0.2, 0.25) is 6.29 Å². The maximum Gasteiger partial charge on any atom is 0.225 e. The van der Waals surface area contributed by atoms with E-state index in [1.165, 1.54) is 11.6 Å². The SMILES string of the molecule is CC(C)c1ccc(C=C[C]=O)cc1. The highest BCUT2D eigenvalue weighted by Crippen LogP contribution is 2.14. The first-order valence-corrected chi connectivity index (χ1v) is 4.38. The Labute approximate surface area is 79.1 Å². The third-order valence-corrected chi connectivity index (χ3v) is 1.95. The summed E-state index contributed by atoms with van der Waals surface area (Å²) in [5.41, 5.74) is 2.35. The molecule has 1 aromatic carbocycles. The summed E-state index contributed by atoms with van der Waals surface area (Å²) in [6.45, 7) is 4.31. The van der Waals surface area contributed by atoms with E-state index < -0.39 is 0 Å². The molecule has 0 fully saturated rings. The molecule has 0 spiro atoms. The normalized spacial score (nSPS) is 11.0. The van der Waals surface area contributed by atoms with Crippen molar-refractivity contribution in [2.24, 2.45) is 0 Å². The van der Waals surface area contributed by atoms with Gasteiger partial charge in [0.15, 0.2) is 0 Å². The minimum atomic E-state index is 0.552. The average Bonchev–Trinajstić information content (AvgIpc) is 2.15. The van der Waals surface area contributed by atoms with Crippen LogP contribution >= 0.6 is 0 Å². The van der Waals surface area contributed by atoms with Gasteiger partial charge in [0.25, 0.3) is 0 Å². The lowest BCUT2D eigenvalue weighted by Gasteiger charge is -2.04. The first-order chi connectivity index (χ1) is 6.24. The smallest absolute Gasteiger partial charge is 0.225 e. The molecule has 0 aliphatic heterocycles. The Morgan fingerprint density at radius 1 is 1.23 bits per heavy atom. The monoisotopic (exact) mass is 173 g/mol. The highest BCUT2D eigenvalue weighted by atomic mass is 16.1. The Morgan fingerprint density at radius 2 is 1.85 bits per heavy atom. The van der Waals surface area contributed by atoms with Crippen molar-refractivity contribution in [3.8, 4) is 0 Å². The van der Waals surface area contributed by atoms with Gasteiger partial charge in [-0.25, -0.2) is 0 Å². The van der Waals surface area contributed by atoms with Gasteiger partial charge in [0.05, 0.1) is 0 Å². The molecule has 67 valence electrons. The van der Waals surface area contributed by atoms with Crippen LogP contribution in [-0.2, 0) is 4.79 Å². The molecular formula is C12H13O. The third-order valence-electron chi connectivity index (χ3n) is 1.95. The van der Waals surface area contributed by atoms with Crippen LogP contribution in [-0.4, -0.2) is 6.29 Å². The van der Waals surface area contributed by atoms with E-state index in [4.69, 9.17) is 0 Å². The zero-order chi connectivity index (χ0) is 9.68. The van der Waals surface area contributed by atoms with E-state index >= 15 is 0 Å². The standard InChI is InChI=1S/C12H13O/c1-10(2)12-7-5-11(6-8-12)4-3-9-13/h3-8,10H,1-2H3. The summed E-state index contributed by atoms with van der Waals surface area (Å²) < 4.78 is 0. The summed E-state index contributed by atoms with van der Waals surface area (Å²) in [5.74, 6) is 0.552. The number of rotatable bonds is 3. The van der Waals surface area contributed by atoms with Gasteiger partial charge in [-0.1, -0.05) is 44.2 Å². The van der Waals surface area contributed by atoms with Gasteiger partial charge in [-0.2, -0.15) is 0 Å². The minimum Gasteiger partial charge on any atom is -0.286 e. The predicted octanol–water partition coefficient (Wildman–Crippen LogP) is 2.93. The van der Waals surface area contributed by atoms with Gasteiger partial charge in [-0.05, 0) is 23.1 Å². The molecule has 0 N–H and O–H groups in total. The maximum atomic E-state index is 9.94. The fourth-order valence-corrected chi connectivity index (χ4v) is 1.12. The number of hydrogen-bond acceptors (Lipinski definition) is 1. The third kappa shape index (κ3) is 2.86. The molecule has 13 heavy (non-hydrogen) atoms. The lowest BCUT2D eigenvalue weighted by Crippen LogP contribution is -1.85. The van der Waals surface area contributed by atoms with Crippen LogP contribution in [0.1, 0.15) is 30.9 Å². The molecular weight excluding hydrogens is 160 g/mol. The molecule has 1 heteroatoms. The molecule has 0 aliphatic carbocycles. The van der Waals surface area contributed by atoms with E-state index in [1.54, 1.807) is 12.4 Å². The molecule has 0 aliphatic rings. The van der Waals surface area contributed by atoms with Gasteiger partial charge < -0.3 is 0 Å². The fourth-order valence-electron chi connectivity index (χ4n) is 1.12. The summed E-state index contributed by atoms with van der Waals surface area (Å²) in [5, 5.41) is 0. The second-order valence-corrected chi connectivity index (χ2v) is 3.27. The van der Waals surface area contributed by atoms with Crippen LogP contribution in [0, 0.1) is 0 Å². The Kier molecular flexibility index (Phi) is 3.44. The topological polar surface area (TPSA) is 17.1 Å². The van der Waals surface area contributed by atoms with Gasteiger partial charge in [0, 0.05) is 0 Å². The van der Waals surface area contributed by atoms with Gasteiger partial charge in [-0.3, -0.25) is 4.79 Å². The summed E-state index contributed by atoms with van der Waals surface area (Å²) in [4.78, 5) is 9.94. The molecule has 1 aromatic rings. The molecule has 0 saturated heterocycles. The molecule has 0 heterocycles. The molecule has 0 amide bonds. The van der Waals surface area contributed by atoms with Gasteiger partial charge in [0.1, 0.15) is 0 Å². The average molecular weight is 173 g/mol. The van der Waals surface area contributed by atoms with E-state index in [1.807, 2.05) is 12.1 Å². The van der Waals surface area contributed by atoms with E-state index in [0.29, 0.717) is 5.92 Å². The Morgan fingerprint density at radius 3 is 2.31 bits per heavy atom. The molecule has 0 unspecified atom stereocenters. The van der Waals surface area contributed by atoms with Crippen molar-refractivity contribution in [3.63, 3.8) is 0 Å². The Bertz CT molecular complexity index is 293. The van der Waals surface area contributed by atoms with Crippen molar-refractivity contribution in [1.29, 1.82) is 0 Å². The zero-order valence-corrected chi connectivity index (χ0v) is 7.95. The lowest BCUT2D eigenvalue weighted by atomic mass is 10.0. The number of carbonyl (C=O) groups excluding carboxylic acids is 1. The van der Waals surface area contributed by atoms with Gasteiger partial charge in [-0.15, -0.1) is 0 Å². The number of benzene rings is 1. The molecule has 1 radical (unpaired) electrons. The summed E-state index contributed by atoms with van der Waals surface area (Å²) in [6, 6.07) is 8.16. The van der Waals surface area contributed by atoms with Crippen molar-refractivity contribution >= 4 is 12.4 Å². The van der Waals surface area contributed by atoms with E-state index in [-0.39, 0.29) is 0 Å². The van der Waals surface area contributed by atoms with E-state index in [0.717, 1.165) is 5.56 Å². The fraction of sp³-hybridized carbons (Fsp3) is 0.250. The van der Waals surface area contributed by atoms with Gasteiger partial charge >= 0.3 is 0 Å². The molecule has 1 nitrogen and oxygen atoms in total. The minimum absolute atomic E-state index is 0.552. The first-order valence-electron chi connectivity index (χ1n) is 4.38. The van der Waals surface area contributed by atoms with Crippen LogP contribution in [0.25, 0.3) is 6.08 Å². The van der Waals surface area contributed by atoms with Crippen LogP contribution in [0.2, 0.25) is 0 Å². The number of hydrogen-bond donors (Lipinski definition) is 0. The van der Waals surface area contributed by atoms with Crippen LogP contribution in [0.3, 0.4) is 0 Å². The quantitative estimate of drug-likeness (QED) is 0.642. The van der Waals surface area contributed by atoms with Crippen molar-refractivity contribution in [2.75, 3.05) is 0 Å². The van der Waals surface area contributed by atoms with E-state index in [9.17, 15) is 4.79 Å². The van der Waals surface area contributed by atoms with Crippen LogP contribution in [0.5, 0.6) is 0 Å². The Balaban J connectivity index is 2.81.